The molecular formula is C37H67O10P. The first-order valence-electron chi connectivity index (χ1n) is 18.4. The predicted molar refractivity (Wildman–Crippen MR) is 191 cm³/mol. The zero-order valence-electron chi connectivity index (χ0n) is 29.9. The number of esters is 2. The molecule has 0 saturated heterocycles. The van der Waals surface area contributed by atoms with Gasteiger partial charge >= 0.3 is 19.8 Å². The number of phosphoric acid groups is 1. The molecule has 0 aromatic rings. The number of aliphatic hydroxyl groups excluding tert-OH is 2. The molecule has 0 heterocycles. The highest BCUT2D eigenvalue weighted by Gasteiger charge is 2.27. The Morgan fingerprint density at radius 3 is 1.75 bits per heavy atom. The van der Waals surface area contributed by atoms with Gasteiger partial charge < -0.3 is 24.6 Å². The number of unbranched alkanes of at least 4 members (excludes halogenated alkanes) is 14. The Morgan fingerprint density at radius 2 is 1.12 bits per heavy atom. The van der Waals surface area contributed by atoms with Crippen molar-refractivity contribution in [3.8, 4) is 0 Å². The van der Waals surface area contributed by atoms with E-state index in [1.807, 2.05) is 12.2 Å². The Labute approximate surface area is 291 Å². The van der Waals surface area contributed by atoms with E-state index in [2.05, 4.69) is 42.7 Å². The molecule has 3 atom stereocenters. The molecule has 2 unspecified atom stereocenters. The molecule has 48 heavy (non-hydrogen) atoms. The highest BCUT2D eigenvalue weighted by molar-refractivity contribution is 7.47. The monoisotopic (exact) mass is 702 g/mol. The second-order valence-electron chi connectivity index (χ2n) is 12.2. The Bertz CT molecular complexity index is 905. The summed E-state index contributed by atoms with van der Waals surface area (Å²) in [5.74, 6) is -1.02. The molecule has 0 saturated carbocycles. The minimum atomic E-state index is -4.62. The minimum absolute atomic E-state index is 0.0764. The number of carbonyl (C=O) groups excluding carboxylic acids is 2. The number of rotatable bonds is 34. The molecule has 0 fully saturated rings. The van der Waals surface area contributed by atoms with Crippen molar-refractivity contribution in [1.29, 1.82) is 0 Å². The summed E-state index contributed by atoms with van der Waals surface area (Å²) in [5, 5.41) is 18.2. The van der Waals surface area contributed by atoms with Gasteiger partial charge in [-0.25, -0.2) is 4.57 Å². The van der Waals surface area contributed by atoms with Crippen LogP contribution >= 0.6 is 7.82 Å². The molecule has 0 aromatic heterocycles. The van der Waals surface area contributed by atoms with Gasteiger partial charge in [0.2, 0.25) is 0 Å². The van der Waals surface area contributed by atoms with Gasteiger partial charge in [-0.05, 0) is 57.8 Å². The van der Waals surface area contributed by atoms with Crippen molar-refractivity contribution in [2.24, 2.45) is 0 Å². The first-order valence-corrected chi connectivity index (χ1v) is 19.9. The molecule has 0 bridgehead atoms. The van der Waals surface area contributed by atoms with Crippen LogP contribution in [0, 0.1) is 0 Å². The Balaban J connectivity index is 4.50. The zero-order chi connectivity index (χ0) is 35.6. The van der Waals surface area contributed by atoms with Crippen LogP contribution in [-0.2, 0) is 32.7 Å². The second kappa shape index (κ2) is 33.7. The second-order valence-corrected chi connectivity index (χ2v) is 13.7. The van der Waals surface area contributed by atoms with Crippen LogP contribution < -0.4 is 0 Å². The highest BCUT2D eigenvalue weighted by atomic mass is 31.2. The summed E-state index contributed by atoms with van der Waals surface area (Å²) < 4.78 is 32.4. The number of aliphatic hydroxyl groups is 2. The molecule has 280 valence electrons. The number of phosphoric ester groups is 1. The third-order valence-corrected chi connectivity index (χ3v) is 8.48. The smallest absolute Gasteiger partial charge is 0.462 e. The average Bonchev–Trinajstić information content (AvgIpc) is 3.07. The van der Waals surface area contributed by atoms with Crippen LogP contribution in [0.1, 0.15) is 149 Å². The standard InChI is InChI=1S/C37H67O10P/c1-3-5-7-9-11-13-15-17-19-21-23-25-27-29-37(41)47-35(33-46-48(42,43)45-31-34(39)30-38)32-44-36(40)28-26-24-22-20-18-16-14-12-10-8-6-4-2/h12,14,17,19,23,25,34-35,38-39H,3-11,13,15-16,18,20-22,24,26-33H2,1-2H3,(H,42,43)/b14-12+,19-17+,25-23+/t34-,35?/m0/s1. The molecule has 0 amide bonds. The largest absolute Gasteiger partial charge is 0.472 e. The number of carbonyl (C=O) groups is 2. The quantitative estimate of drug-likeness (QED) is 0.0257. The number of allylic oxidation sites excluding steroid dienone is 6. The lowest BCUT2D eigenvalue weighted by Gasteiger charge is -2.20. The Hall–Kier alpha value is -1.81. The maximum absolute atomic E-state index is 12.5. The van der Waals surface area contributed by atoms with Crippen molar-refractivity contribution < 1.29 is 47.8 Å². The number of hydrogen-bond donors (Lipinski definition) is 3. The minimum Gasteiger partial charge on any atom is -0.462 e. The van der Waals surface area contributed by atoms with Crippen LogP contribution in [0.4, 0.5) is 0 Å². The van der Waals surface area contributed by atoms with Gasteiger partial charge in [-0.3, -0.25) is 18.6 Å². The van der Waals surface area contributed by atoms with E-state index in [0.717, 1.165) is 51.4 Å². The summed E-state index contributed by atoms with van der Waals surface area (Å²) in [6, 6.07) is 0. The molecule has 11 heteroatoms. The van der Waals surface area contributed by atoms with Gasteiger partial charge in [0.25, 0.3) is 0 Å². The Kier molecular flexibility index (Phi) is 32.4. The lowest BCUT2D eigenvalue weighted by atomic mass is 10.1. The van der Waals surface area contributed by atoms with Crippen LogP contribution in [0.25, 0.3) is 0 Å². The van der Waals surface area contributed by atoms with Crippen molar-refractivity contribution in [1.82, 2.24) is 0 Å². The van der Waals surface area contributed by atoms with Gasteiger partial charge in [-0.2, -0.15) is 0 Å². The van der Waals surface area contributed by atoms with E-state index < -0.39 is 51.8 Å². The summed E-state index contributed by atoms with van der Waals surface area (Å²) in [5.41, 5.74) is 0. The predicted octanol–water partition coefficient (Wildman–Crippen LogP) is 8.83. The number of ether oxygens (including phenoxy) is 2. The lowest BCUT2D eigenvalue weighted by Crippen LogP contribution is -2.29. The average molecular weight is 703 g/mol. The van der Waals surface area contributed by atoms with E-state index in [-0.39, 0.29) is 19.4 Å². The molecule has 0 aliphatic carbocycles. The van der Waals surface area contributed by atoms with E-state index in [0.29, 0.717) is 12.8 Å². The third kappa shape index (κ3) is 32.7. The maximum atomic E-state index is 12.5. The first-order chi connectivity index (χ1) is 23.2. The van der Waals surface area contributed by atoms with Gasteiger partial charge in [0.1, 0.15) is 12.7 Å². The summed E-state index contributed by atoms with van der Waals surface area (Å²) in [4.78, 5) is 34.7. The van der Waals surface area contributed by atoms with Crippen molar-refractivity contribution in [3.05, 3.63) is 36.5 Å². The van der Waals surface area contributed by atoms with Crippen LogP contribution in [0.5, 0.6) is 0 Å². The highest BCUT2D eigenvalue weighted by Crippen LogP contribution is 2.43. The molecule has 0 aromatic carbocycles. The van der Waals surface area contributed by atoms with Crippen LogP contribution in [0.2, 0.25) is 0 Å². The van der Waals surface area contributed by atoms with Gasteiger partial charge in [0.15, 0.2) is 6.10 Å². The van der Waals surface area contributed by atoms with E-state index >= 15 is 0 Å². The SMILES string of the molecule is CCCCC/C=C/CCCCCCCC(=O)OCC(COP(=O)(O)OC[C@@H](O)CO)OC(=O)CC/C=C/C/C=C/CCCCCCCC. The van der Waals surface area contributed by atoms with E-state index in [1.165, 1.54) is 57.8 Å². The van der Waals surface area contributed by atoms with Crippen molar-refractivity contribution in [2.45, 2.75) is 161 Å². The molecule has 0 aliphatic heterocycles. The number of hydrogen-bond acceptors (Lipinski definition) is 9. The molecule has 3 N–H and O–H groups in total. The maximum Gasteiger partial charge on any atom is 0.472 e. The fourth-order valence-electron chi connectivity index (χ4n) is 4.63. The normalized spacial score (nSPS) is 14.5. The molecule has 0 aliphatic rings. The van der Waals surface area contributed by atoms with Gasteiger partial charge in [0.05, 0.1) is 19.8 Å². The molecule has 0 spiro atoms. The zero-order valence-corrected chi connectivity index (χ0v) is 30.8. The van der Waals surface area contributed by atoms with Crippen molar-refractivity contribution in [3.63, 3.8) is 0 Å². The van der Waals surface area contributed by atoms with Crippen molar-refractivity contribution in [2.75, 3.05) is 26.4 Å². The third-order valence-electron chi connectivity index (χ3n) is 7.53. The van der Waals surface area contributed by atoms with E-state index in [9.17, 15) is 24.2 Å². The fourth-order valence-corrected chi connectivity index (χ4v) is 5.42. The van der Waals surface area contributed by atoms with E-state index in [1.54, 1.807) is 0 Å². The van der Waals surface area contributed by atoms with E-state index in [4.69, 9.17) is 19.1 Å². The molecule has 10 nitrogen and oxygen atoms in total. The summed E-state index contributed by atoms with van der Waals surface area (Å²) in [6.45, 7) is 2.24. The Morgan fingerprint density at radius 1 is 0.625 bits per heavy atom. The van der Waals surface area contributed by atoms with Crippen LogP contribution in [0.3, 0.4) is 0 Å². The first kappa shape index (κ1) is 46.2. The molecular weight excluding hydrogens is 635 g/mol. The topological polar surface area (TPSA) is 149 Å². The summed E-state index contributed by atoms with van der Waals surface area (Å²) >= 11 is 0. The van der Waals surface area contributed by atoms with Gasteiger partial charge in [0, 0.05) is 12.8 Å². The van der Waals surface area contributed by atoms with Gasteiger partial charge in [-0.1, -0.05) is 115 Å². The molecule has 0 rings (SSSR count). The summed E-state index contributed by atoms with van der Waals surface area (Å²) in [7, 11) is -4.62. The van der Waals surface area contributed by atoms with Crippen LogP contribution in [-0.4, -0.2) is 65.7 Å². The van der Waals surface area contributed by atoms with Crippen molar-refractivity contribution >= 4 is 19.8 Å². The van der Waals surface area contributed by atoms with Crippen LogP contribution in [0.15, 0.2) is 36.5 Å². The fraction of sp³-hybridized carbons (Fsp3) is 0.784. The lowest BCUT2D eigenvalue weighted by molar-refractivity contribution is -0.161. The molecule has 0 radical (unpaired) electrons. The van der Waals surface area contributed by atoms with Gasteiger partial charge in [-0.15, -0.1) is 0 Å². The summed E-state index contributed by atoms with van der Waals surface area (Å²) in [6.07, 6.45) is 31.3.